The molecule has 0 bridgehead atoms. The molecule has 4 heteroatoms. The van der Waals surface area contributed by atoms with Gasteiger partial charge in [-0.2, -0.15) is 8.60 Å². The Hall–Kier alpha value is 0.310. The topological polar surface area (TPSA) is 55.3 Å². The predicted octanol–water partition coefficient (Wildman–Crippen LogP) is 2.87. The molecule has 0 heterocycles. The molecule has 0 N–H and O–H groups in total. The van der Waals surface area contributed by atoms with Crippen molar-refractivity contribution in [3.05, 3.63) is 0 Å². The fourth-order valence-corrected chi connectivity index (χ4v) is 2.01. The van der Waals surface area contributed by atoms with E-state index in [1.165, 1.54) is 51.4 Å². The van der Waals surface area contributed by atoms with Crippen molar-refractivity contribution >= 4 is 8.60 Å². The van der Waals surface area contributed by atoms with Gasteiger partial charge in [0, 0.05) is 6.61 Å². The summed E-state index contributed by atoms with van der Waals surface area (Å²) in [5, 5.41) is 0. The summed E-state index contributed by atoms with van der Waals surface area (Å²) in [4.78, 5) is 20.1. The number of hydrogen-bond acceptors (Lipinski definition) is 3. The lowest BCUT2D eigenvalue weighted by Crippen LogP contribution is -2.11. The predicted molar refractivity (Wildman–Crippen MR) is 64.7 cm³/mol. The Morgan fingerprint density at radius 1 is 0.750 bits per heavy atom. The van der Waals surface area contributed by atoms with Crippen LogP contribution < -0.4 is 9.79 Å². The monoisotopic (exact) mass is 248 g/mol. The summed E-state index contributed by atoms with van der Waals surface area (Å²) in [6.07, 6.45) is 12.5. The van der Waals surface area contributed by atoms with E-state index in [1.807, 2.05) is 0 Å². The largest absolute Gasteiger partial charge is 0.820 e. The van der Waals surface area contributed by atoms with Crippen LogP contribution in [0.25, 0.3) is 0 Å². The molecule has 0 unspecified atom stereocenters. The van der Waals surface area contributed by atoms with Gasteiger partial charge < -0.3 is 14.3 Å². The molecular weight excluding hydrogens is 223 g/mol. The summed E-state index contributed by atoms with van der Waals surface area (Å²) in [6, 6.07) is 0. The Balaban J connectivity index is 2.88. The van der Waals surface area contributed by atoms with Gasteiger partial charge in [-0.25, -0.2) is 0 Å². The molecule has 0 aromatic carbocycles. The fraction of sp³-hybridized carbons (Fsp3) is 1.00. The van der Waals surface area contributed by atoms with Gasteiger partial charge >= 0.3 is 0 Å². The highest BCUT2D eigenvalue weighted by atomic mass is 31.2. The molecule has 0 aliphatic rings. The molecule has 0 fully saturated rings. The zero-order valence-electron chi connectivity index (χ0n) is 10.5. The standard InChI is InChI=1S/C12H25O3P/c1-2-3-4-5-6-7-8-9-10-11-12-15-16(13)14/h2-12H2,1H3/q-2. The van der Waals surface area contributed by atoms with E-state index in [2.05, 4.69) is 11.4 Å². The van der Waals surface area contributed by atoms with Gasteiger partial charge in [-0.1, -0.05) is 64.7 Å². The highest BCUT2D eigenvalue weighted by molar-refractivity contribution is 7.36. The Morgan fingerprint density at radius 3 is 1.62 bits per heavy atom. The molecule has 0 radical (unpaired) electrons. The van der Waals surface area contributed by atoms with Gasteiger partial charge in [0.05, 0.1) is 0 Å². The van der Waals surface area contributed by atoms with E-state index in [0.717, 1.165) is 12.8 Å². The highest BCUT2D eigenvalue weighted by Crippen LogP contribution is 2.14. The second-order valence-corrected chi connectivity index (χ2v) is 4.94. The summed E-state index contributed by atoms with van der Waals surface area (Å²) in [5.41, 5.74) is 0. The molecule has 0 spiro atoms. The van der Waals surface area contributed by atoms with E-state index < -0.39 is 8.60 Å². The Kier molecular flexibility index (Phi) is 13.6. The van der Waals surface area contributed by atoms with Crippen molar-refractivity contribution < 1.29 is 14.3 Å². The van der Waals surface area contributed by atoms with Gasteiger partial charge in [0.25, 0.3) is 0 Å². The van der Waals surface area contributed by atoms with Crippen LogP contribution in [-0.4, -0.2) is 6.61 Å². The first-order chi connectivity index (χ1) is 7.77. The molecule has 0 atom stereocenters. The molecule has 98 valence electrons. The first kappa shape index (κ1) is 16.3. The number of rotatable bonds is 12. The maximum atomic E-state index is 10.1. The first-order valence-corrected chi connectivity index (χ1v) is 7.64. The third-order valence-corrected chi connectivity index (χ3v) is 3.09. The average molecular weight is 248 g/mol. The van der Waals surface area contributed by atoms with Crippen molar-refractivity contribution in [2.45, 2.75) is 71.1 Å². The van der Waals surface area contributed by atoms with Crippen LogP contribution in [0.1, 0.15) is 71.1 Å². The smallest absolute Gasteiger partial charge is 0.0476 e. The third kappa shape index (κ3) is 14.3. The molecule has 0 aromatic rings. The zero-order valence-corrected chi connectivity index (χ0v) is 11.3. The lowest BCUT2D eigenvalue weighted by atomic mass is 10.1. The Morgan fingerprint density at radius 2 is 1.19 bits per heavy atom. The molecule has 0 amide bonds. The van der Waals surface area contributed by atoms with Crippen LogP contribution in [0.3, 0.4) is 0 Å². The van der Waals surface area contributed by atoms with E-state index >= 15 is 0 Å². The quantitative estimate of drug-likeness (QED) is 0.394. The van der Waals surface area contributed by atoms with Crippen LogP contribution in [0, 0.1) is 0 Å². The van der Waals surface area contributed by atoms with E-state index in [0.29, 0.717) is 6.61 Å². The maximum absolute atomic E-state index is 10.1. The third-order valence-electron chi connectivity index (χ3n) is 2.69. The van der Waals surface area contributed by atoms with E-state index in [1.54, 1.807) is 0 Å². The molecule has 0 saturated carbocycles. The molecule has 3 nitrogen and oxygen atoms in total. The van der Waals surface area contributed by atoms with Gasteiger partial charge in [0.2, 0.25) is 0 Å². The lowest BCUT2D eigenvalue weighted by Gasteiger charge is -2.28. The molecular formula is C12H25O3P-2. The van der Waals surface area contributed by atoms with Gasteiger partial charge in [0.1, 0.15) is 0 Å². The van der Waals surface area contributed by atoms with Crippen molar-refractivity contribution in [2.75, 3.05) is 6.61 Å². The van der Waals surface area contributed by atoms with E-state index in [4.69, 9.17) is 0 Å². The summed E-state index contributed by atoms with van der Waals surface area (Å²) >= 11 is 0. The van der Waals surface area contributed by atoms with E-state index in [-0.39, 0.29) is 0 Å². The van der Waals surface area contributed by atoms with Crippen LogP contribution in [0.15, 0.2) is 0 Å². The van der Waals surface area contributed by atoms with Gasteiger partial charge in [-0.15, -0.1) is 0 Å². The molecule has 0 saturated heterocycles. The summed E-state index contributed by atoms with van der Waals surface area (Å²) in [5.74, 6) is 0. The average Bonchev–Trinajstić information content (AvgIpc) is 2.25. The Bertz CT molecular complexity index is 131. The molecule has 0 rings (SSSR count). The van der Waals surface area contributed by atoms with Gasteiger partial charge in [-0.05, 0) is 6.42 Å². The van der Waals surface area contributed by atoms with Crippen molar-refractivity contribution in [1.29, 1.82) is 0 Å². The molecule has 16 heavy (non-hydrogen) atoms. The summed E-state index contributed by atoms with van der Waals surface area (Å²) < 4.78 is 4.47. The van der Waals surface area contributed by atoms with Crippen LogP contribution in [0.2, 0.25) is 0 Å². The fourth-order valence-electron chi connectivity index (χ4n) is 1.73. The second kappa shape index (κ2) is 13.4. The van der Waals surface area contributed by atoms with E-state index in [9.17, 15) is 9.79 Å². The second-order valence-electron chi connectivity index (χ2n) is 4.24. The maximum Gasteiger partial charge on any atom is 0.0476 e. The van der Waals surface area contributed by atoms with Crippen LogP contribution in [0.5, 0.6) is 0 Å². The lowest BCUT2D eigenvalue weighted by molar-refractivity contribution is -0.318. The number of hydrogen-bond donors (Lipinski definition) is 0. The minimum Gasteiger partial charge on any atom is -0.820 e. The van der Waals surface area contributed by atoms with Crippen molar-refractivity contribution in [3.63, 3.8) is 0 Å². The molecule has 0 aromatic heterocycles. The van der Waals surface area contributed by atoms with Gasteiger partial charge in [-0.3, -0.25) is 0 Å². The SMILES string of the molecule is CCCCCCCCCCCCOP([O-])[O-]. The minimum absolute atomic E-state index is 0.356. The highest BCUT2D eigenvalue weighted by Gasteiger charge is 1.92. The van der Waals surface area contributed by atoms with Gasteiger partial charge in [0.15, 0.2) is 0 Å². The van der Waals surface area contributed by atoms with Crippen LogP contribution in [0.4, 0.5) is 0 Å². The van der Waals surface area contributed by atoms with Crippen molar-refractivity contribution in [1.82, 2.24) is 0 Å². The number of unbranched alkanes of at least 4 members (excludes halogenated alkanes) is 9. The first-order valence-electron chi connectivity index (χ1n) is 6.54. The molecule has 0 aliphatic carbocycles. The van der Waals surface area contributed by atoms with Crippen LogP contribution >= 0.6 is 8.60 Å². The summed E-state index contributed by atoms with van der Waals surface area (Å²) in [6.45, 7) is 2.59. The van der Waals surface area contributed by atoms with Crippen molar-refractivity contribution in [3.8, 4) is 0 Å². The minimum atomic E-state index is -2.64. The van der Waals surface area contributed by atoms with Crippen LogP contribution in [-0.2, 0) is 4.52 Å². The normalized spacial score (nSPS) is 11.2. The zero-order chi connectivity index (χ0) is 12.1. The van der Waals surface area contributed by atoms with Crippen molar-refractivity contribution in [2.24, 2.45) is 0 Å². The molecule has 0 aliphatic heterocycles. The Labute approximate surface area is 101 Å². The summed E-state index contributed by atoms with van der Waals surface area (Å²) in [7, 11) is -2.64.